The molecule has 2 aromatic rings. The predicted octanol–water partition coefficient (Wildman–Crippen LogP) is 2.84. The average molecular weight is 323 g/mol. The van der Waals surface area contributed by atoms with Crippen molar-refractivity contribution >= 4 is 12.1 Å². The average Bonchev–Trinajstić information content (AvgIpc) is 3.32. The summed E-state index contributed by atoms with van der Waals surface area (Å²) in [6.07, 6.45) is 2.69. The Morgan fingerprint density at radius 2 is 2.21 bits per heavy atom. The standard InChI is InChI=1S/C19H21N3O2/c1-12-18-15(10-22(19(18)24)9-13-5-6-13)8-17(21-12)14-3-2-4-16(7-14)20-11-23/h2-4,7-8,11,13,19,24H,5-6,9-10H2,1H3,(H,20,23). The van der Waals surface area contributed by atoms with Gasteiger partial charge in [-0.05, 0) is 49.4 Å². The third-order valence-corrected chi connectivity index (χ3v) is 4.89. The van der Waals surface area contributed by atoms with E-state index in [0.717, 1.165) is 52.8 Å². The second-order valence-corrected chi connectivity index (χ2v) is 6.76. The first-order valence-electron chi connectivity index (χ1n) is 8.39. The van der Waals surface area contributed by atoms with E-state index < -0.39 is 6.23 Å². The van der Waals surface area contributed by atoms with Crippen LogP contribution in [0.5, 0.6) is 0 Å². The molecule has 1 unspecified atom stereocenters. The van der Waals surface area contributed by atoms with Crippen molar-refractivity contribution in [3.8, 4) is 11.3 Å². The molecule has 2 N–H and O–H groups in total. The van der Waals surface area contributed by atoms with Gasteiger partial charge in [0.05, 0.1) is 5.69 Å². The van der Waals surface area contributed by atoms with Gasteiger partial charge in [0, 0.05) is 35.6 Å². The first-order chi connectivity index (χ1) is 11.7. The number of aliphatic hydroxyl groups excluding tert-OH is 1. The number of aryl methyl sites for hydroxylation is 1. The smallest absolute Gasteiger partial charge is 0.211 e. The molecular weight excluding hydrogens is 302 g/mol. The first kappa shape index (κ1) is 15.3. The highest BCUT2D eigenvalue weighted by Gasteiger charge is 2.35. The quantitative estimate of drug-likeness (QED) is 0.831. The van der Waals surface area contributed by atoms with E-state index in [2.05, 4.69) is 16.3 Å². The summed E-state index contributed by atoms with van der Waals surface area (Å²) >= 11 is 0. The fraction of sp³-hybridized carbons (Fsp3) is 0.368. The lowest BCUT2D eigenvalue weighted by Gasteiger charge is -2.20. The highest BCUT2D eigenvalue weighted by Crippen LogP contribution is 2.39. The summed E-state index contributed by atoms with van der Waals surface area (Å²) in [6.45, 7) is 3.69. The van der Waals surface area contributed by atoms with Gasteiger partial charge in [0.25, 0.3) is 0 Å². The van der Waals surface area contributed by atoms with Crippen molar-refractivity contribution in [2.45, 2.75) is 32.5 Å². The summed E-state index contributed by atoms with van der Waals surface area (Å²) in [5.41, 5.74) is 5.57. The monoisotopic (exact) mass is 323 g/mol. The molecule has 5 heteroatoms. The third kappa shape index (κ3) is 2.81. The molecule has 1 fully saturated rings. The number of carbonyl (C=O) groups is 1. The van der Waals surface area contributed by atoms with E-state index in [-0.39, 0.29) is 0 Å². The molecule has 1 saturated carbocycles. The van der Waals surface area contributed by atoms with E-state index in [1.807, 2.05) is 31.2 Å². The van der Waals surface area contributed by atoms with Crippen LogP contribution in [-0.2, 0) is 11.3 Å². The van der Waals surface area contributed by atoms with Crippen molar-refractivity contribution in [2.75, 3.05) is 11.9 Å². The Labute approximate surface area is 141 Å². The molecule has 0 saturated heterocycles. The van der Waals surface area contributed by atoms with Gasteiger partial charge in [-0.15, -0.1) is 0 Å². The maximum absolute atomic E-state index is 10.6. The molecule has 124 valence electrons. The molecule has 1 amide bonds. The van der Waals surface area contributed by atoms with E-state index >= 15 is 0 Å². The van der Waals surface area contributed by atoms with Crippen molar-refractivity contribution in [3.05, 3.63) is 47.2 Å². The second kappa shape index (κ2) is 6.00. The van der Waals surface area contributed by atoms with Gasteiger partial charge in [0.15, 0.2) is 0 Å². The molecule has 1 aliphatic carbocycles. The van der Waals surface area contributed by atoms with Gasteiger partial charge >= 0.3 is 0 Å². The van der Waals surface area contributed by atoms with Gasteiger partial charge in [-0.1, -0.05) is 12.1 Å². The molecule has 0 spiro atoms. The Kier molecular flexibility index (Phi) is 3.82. The van der Waals surface area contributed by atoms with E-state index in [0.29, 0.717) is 6.41 Å². The summed E-state index contributed by atoms with van der Waals surface area (Å²) in [5.74, 6) is 0.743. The summed E-state index contributed by atoms with van der Waals surface area (Å²) in [4.78, 5) is 17.5. The normalized spacial score (nSPS) is 20.0. The minimum absolute atomic E-state index is 0.537. The predicted molar refractivity (Wildman–Crippen MR) is 92.2 cm³/mol. The van der Waals surface area contributed by atoms with Crippen LogP contribution in [0.3, 0.4) is 0 Å². The second-order valence-electron chi connectivity index (χ2n) is 6.76. The van der Waals surface area contributed by atoms with E-state index in [4.69, 9.17) is 4.98 Å². The molecule has 1 atom stereocenters. The number of nitrogens with zero attached hydrogens (tertiary/aromatic N) is 2. The zero-order valence-corrected chi connectivity index (χ0v) is 13.7. The number of hydrogen-bond acceptors (Lipinski definition) is 4. The molecule has 4 rings (SSSR count). The molecule has 2 heterocycles. The van der Waals surface area contributed by atoms with Crippen molar-refractivity contribution in [3.63, 3.8) is 0 Å². The van der Waals surface area contributed by atoms with E-state index in [9.17, 15) is 9.90 Å². The van der Waals surface area contributed by atoms with E-state index in [1.165, 1.54) is 12.8 Å². The zero-order valence-electron chi connectivity index (χ0n) is 13.7. The lowest BCUT2D eigenvalue weighted by molar-refractivity contribution is -0.105. The van der Waals surface area contributed by atoms with Crippen LogP contribution < -0.4 is 5.32 Å². The van der Waals surface area contributed by atoms with Crippen LogP contribution in [0.1, 0.15) is 35.9 Å². The fourth-order valence-electron chi connectivity index (χ4n) is 3.50. The Bertz CT molecular complexity index is 786. The molecule has 5 nitrogen and oxygen atoms in total. The molecular formula is C19H21N3O2. The number of anilines is 1. The maximum atomic E-state index is 10.6. The number of rotatable bonds is 5. The Balaban J connectivity index is 1.67. The van der Waals surface area contributed by atoms with Crippen LogP contribution in [-0.4, -0.2) is 27.9 Å². The molecule has 1 aliphatic heterocycles. The van der Waals surface area contributed by atoms with Gasteiger partial charge in [0.2, 0.25) is 6.41 Å². The summed E-state index contributed by atoms with van der Waals surface area (Å²) < 4.78 is 0. The molecule has 1 aromatic heterocycles. The van der Waals surface area contributed by atoms with Crippen LogP contribution in [0, 0.1) is 12.8 Å². The van der Waals surface area contributed by atoms with Crippen LogP contribution in [0.25, 0.3) is 11.3 Å². The van der Waals surface area contributed by atoms with Crippen LogP contribution in [0.15, 0.2) is 30.3 Å². The van der Waals surface area contributed by atoms with Crippen LogP contribution >= 0.6 is 0 Å². The first-order valence-corrected chi connectivity index (χ1v) is 8.39. The zero-order chi connectivity index (χ0) is 16.7. The SMILES string of the molecule is Cc1nc(-c2cccc(NC=O)c2)cc2c1C(O)N(CC1CC1)C2. The number of nitrogens with one attached hydrogen (secondary N) is 1. The molecule has 0 radical (unpaired) electrons. The van der Waals surface area contributed by atoms with E-state index in [1.54, 1.807) is 0 Å². The molecule has 24 heavy (non-hydrogen) atoms. The summed E-state index contributed by atoms with van der Waals surface area (Å²) in [6, 6.07) is 9.71. The number of carbonyl (C=O) groups excluding carboxylic acids is 1. The van der Waals surface area contributed by atoms with Crippen molar-refractivity contribution in [2.24, 2.45) is 5.92 Å². The number of amides is 1. The number of hydrogen-bond donors (Lipinski definition) is 2. The maximum Gasteiger partial charge on any atom is 0.211 e. The summed E-state index contributed by atoms with van der Waals surface area (Å²) in [7, 11) is 0. The Hall–Kier alpha value is -2.24. The molecule has 1 aromatic carbocycles. The molecule has 0 bridgehead atoms. The van der Waals surface area contributed by atoms with Crippen molar-refractivity contribution < 1.29 is 9.90 Å². The van der Waals surface area contributed by atoms with Gasteiger partial charge < -0.3 is 10.4 Å². The lowest BCUT2D eigenvalue weighted by Crippen LogP contribution is -2.24. The van der Waals surface area contributed by atoms with Gasteiger partial charge in [-0.2, -0.15) is 0 Å². The van der Waals surface area contributed by atoms with Crippen LogP contribution in [0.4, 0.5) is 5.69 Å². The van der Waals surface area contributed by atoms with Gasteiger partial charge in [-0.3, -0.25) is 14.7 Å². The Morgan fingerprint density at radius 3 is 2.96 bits per heavy atom. The summed E-state index contributed by atoms with van der Waals surface area (Å²) in [5, 5.41) is 13.3. The lowest BCUT2D eigenvalue weighted by atomic mass is 10.0. The number of fused-ring (bicyclic) bond motifs is 1. The molecule has 2 aliphatic rings. The van der Waals surface area contributed by atoms with Crippen molar-refractivity contribution in [1.29, 1.82) is 0 Å². The van der Waals surface area contributed by atoms with Crippen LogP contribution in [0.2, 0.25) is 0 Å². The number of benzene rings is 1. The minimum Gasteiger partial charge on any atom is -0.374 e. The topological polar surface area (TPSA) is 65.5 Å². The Morgan fingerprint density at radius 1 is 1.38 bits per heavy atom. The largest absolute Gasteiger partial charge is 0.374 e. The highest BCUT2D eigenvalue weighted by atomic mass is 16.3. The minimum atomic E-state index is -0.537. The number of aliphatic hydroxyl groups is 1. The highest BCUT2D eigenvalue weighted by molar-refractivity contribution is 5.75. The van der Waals surface area contributed by atoms with Gasteiger partial charge in [0.1, 0.15) is 6.23 Å². The number of aromatic nitrogens is 1. The fourth-order valence-corrected chi connectivity index (χ4v) is 3.50. The van der Waals surface area contributed by atoms with Gasteiger partial charge in [-0.25, -0.2) is 0 Å². The number of pyridine rings is 1. The van der Waals surface area contributed by atoms with Crippen molar-refractivity contribution in [1.82, 2.24) is 9.88 Å². The third-order valence-electron chi connectivity index (χ3n) is 4.89.